The summed E-state index contributed by atoms with van der Waals surface area (Å²) < 4.78 is 39.3. The molecule has 1 N–H and O–H groups in total. The molecule has 0 radical (unpaired) electrons. The van der Waals surface area contributed by atoms with Gasteiger partial charge < -0.3 is 5.32 Å². The Hall–Kier alpha value is -2.41. The Balaban J connectivity index is 2.37. The number of aryl methyl sites for hydroxylation is 1. The largest absolute Gasteiger partial charge is 0.324 e. The number of para-hydroxylation sites is 1. The zero-order valence-electron chi connectivity index (χ0n) is 14.6. The van der Waals surface area contributed by atoms with Crippen LogP contribution in [-0.2, 0) is 14.8 Å². The SMILES string of the molecule is Cc1cccc(NC(=O)[C@@H](C)N(c2ccccc2F)S(C)(=O)=O)c1C. The molecule has 7 heteroatoms. The molecule has 1 atom stereocenters. The van der Waals surface area contributed by atoms with Gasteiger partial charge in [0.1, 0.15) is 11.9 Å². The van der Waals surface area contributed by atoms with Crippen LogP contribution in [0.1, 0.15) is 18.1 Å². The Morgan fingerprint density at radius 2 is 1.76 bits per heavy atom. The molecule has 0 saturated heterocycles. The van der Waals surface area contributed by atoms with Crippen molar-refractivity contribution in [1.29, 1.82) is 0 Å². The molecule has 0 saturated carbocycles. The van der Waals surface area contributed by atoms with Gasteiger partial charge in [0.05, 0.1) is 11.9 Å². The van der Waals surface area contributed by atoms with E-state index in [0.29, 0.717) is 5.69 Å². The first kappa shape index (κ1) is 18.9. The Morgan fingerprint density at radius 3 is 2.36 bits per heavy atom. The molecule has 2 aromatic rings. The van der Waals surface area contributed by atoms with Crippen LogP contribution in [0.3, 0.4) is 0 Å². The number of rotatable bonds is 5. The summed E-state index contributed by atoms with van der Waals surface area (Å²) >= 11 is 0. The zero-order chi connectivity index (χ0) is 18.8. The number of nitrogens with zero attached hydrogens (tertiary/aromatic N) is 1. The van der Waals surface area contributed by atoms with Gasteiger partial charge in [0, 0.05) is 5.69 Å². The Labute approximate surface area is 147 Å². The van der Waals surface area contributed by atoms with Gasteiger partial charge in [-0.05, 0) is 50.1 Å². The lowest BCUT2D eigenvalue weighted by Gasteiger charge is -2.28. The van der Waals surface area contributed by atoms with Gasteiger partial charge >= 0.3 is 0 Å². The van der Waals surface area contributed by atoms with E-state index in [1.165, 1.54) is 25.1 Å². The van der Waals surface area contributed by atoms with Crippen molar-refractivity contribution in [3.8, 4) is 0 Å². The summed E-state index contributed by atoms with van der Waals surface area (Å²) in [5.41, 5.74) is 2.33. The number of nitrogens with one attached hydrogen (secondary N) is 1. The topological polar surface area (TPSA) is 66.5 Å². The number of amides is 1. The quantitative estimate of drug-likeness (QED) is 0.886. The molecular formula is C18H21FN2O3S. The van der Waals surface area contributed by atoms with Crippen LogP contribution in [0.15, 0.2) is 42.5 Å². The smallest absolute Gasteiger partial charge is 0.248 e. The van der Waals surface area contributed by atoms with Gasteiger partial charge in [-0.1, -0.05) is 24.3 Å². The fourth-order valence-corrected chi connectivity index (χ4v) is 3.71. The fraction of sp³-hybridized carbons (Fsp3) is 0.278. The van der Waals surface area contributed by atoms with Crippen LogP contribution in [-0.4, -0.2) is 26.6 Å². The predicted molar refractivity (Wildman–Crippen MR) is 97.7 cm³/mol. The average Bonchev–Trinajstić information content (AvgIpc) is 2.52. The van der Waals surface area contributed by atoms with Gasteiger partial charge in [0.25, 0.3) is 0 Å². The van der Waals surface area contributed by atoms with E-state index < -0.39 is 27.8 Å². The Morgan fingerprint density at radius 1 is 1.12 bits per heavy atom. The first-order valence-electron chi connectivity index (χ1n) is 7.74. The fourth-order valence-electron chi connectivity index (χ4n) is 2.54. The lowest BCUT2D eigenvalue weighted by Crippen LogP contribution is -2.45. The molecule has 0 fully saturated rings. The monoisotopic (exact) mass is 364 g/mol. The van der Waals surface area contributed by atoms with Gasteiger partial charge in [-0.3, -0.25) is 9.10 Å². The highest BCUT2D eigenvalue weighted by molar-refractivity contribution is 7.92. The van der Waals surface area contributed by atoms with Crippen LogP contribution in [0.2, 0.25) is 0 Å². The van der Waals surface area contributed by atoms with Crippen molar-refractivity contribution in [2.45, 2.75) is 26.8 Å². The minimum Gasteiger partial charge on any atom is -0.324 e. The van der Waals surface area contributed by atoms with Crippen molar-refractivity contribution in [2.75, 3.05) is 15.9 Å². The van der Waals surface area contributed by atoms with E-state index in [2.05, 4.69) is 5.32 Å². The van der Waals surface area contributed by atoms with Gasteiger partial charge in [0.15, 0.2) is 0 Å². The number of benzene rings is 2. The minimum atomic E-state index is -3.86. The van der Waals surface area contributed by atoms with Crippen molar-refractivity contribution in [3.63, 3.8) is 0 Å². The zero-order valence-corrected chi connectivity index (χ0v) is 15.4. The molecule has 0 unspecified atom stereocenters. The van der Waals surface area contributed by atoms with Gasteiger partial charge in [0.2, 0.25) is 15.9 Å². The van der Waals surface area contributed by atoms with Crippen LogP contribution < -0.4 is 9.62 Å². The second-order valence-corrected chi connectivity index (χ2v) is 7.78. The first-order chi connectivity index (χ1) is 11.6. The summed E-state index contributed by atoms with van der Waals surface area (Å²) in [5.74, 6) is -1.25. The molecule has 1 amide bonds. The average molecular weight is 364 g/mol. The molecule has 0 bridgehead atoms. The molecule has 0 aromatic heterocycles. The van der Waals surface area contributed by atoms with E-state index in [-0.39, 0.29) is 5.69 Å². The molecule has 0 spiro atoms. The number of hydrogen-bond donors (Lipinski definition) is 1. The lowest BCUT2D eigenvalue weighted by atomic mass is 10.1. The molecule has 5 nitrogen and oxygen atoms in total. The Kier molecular flexibility index (Phi) is 5.47. The van der Waals surface area contributed by atoms with Crippen molar-refractivity contribution >= 4 is 27.3 Å². The second-order valence-electron chi connectivity index (χ2n) is 5.92. The molecular weight excluding hydrogens is 343 g/mol. The molecule has 0 aliphatic rings. The lowest BCUT2D eigenvalue weighted by molar-refractivity contribution is -0.116. The van der Waals surface area contributed by atoms with Crippen LogP contribution >= 0.6 is 0 Å². The second kappa shape index (κ2) is 7.23. The van der Waals surface area contributed by atoms with E-state index in [4.69, 9.17) is 0 Å². The first-order valence-corrected chi connectivity index (χ1v) is 9.58. The molecule has 2 aromatic carbocycles. The summed E-state index contributed by atoms with van der Waals surface area (Å²) in [6.45, 7) is 5.20. The third kappa shape index (κ3) is 4.17. The molecule has 0 aliphatic carbocycles. The van der Waals surface area contributed by atoms with Crippen molar-refractivity contribution < 1.29 is 17.6 Å². The minimum absolute atomic E-state index is 0.159. The number of anilines is 2. The van der Waals surface area contributed by atoms with E-state index in [0.717, 1.165) is 27.8 Å². The molecule has 2 rings (SSSR count). The number of carbonyl (C=O) groups is 1. The van der Waals surface area contributed by atoms with Crippen LogP contribution in [0.5, 0.6) is 0 Å². The maximum Gasteiger partial charge on any atom is 0.248 e. The number of sulfonamides is 1. The highest BCUT2D eigenvalue weighted by Gasteiger charge is 2.31. The van der Waals surface area contributed by atoms with E-state index in [1.54, 1.807) is 12.1 Å². The highest BCUT2D eigenvalue weighted by Crippen LogP contribution is 2.25. The number of halogens is 1. The highest BCUT2D eigenvalue weighted by atomic mass is 32.2. The van der Waals surface area contributed by atoms with Crippen LogP contribution in [0.25, 0.3) is 0 Å². The van der Waals surface area contributed by atoms with Gasteiger partial charge in [-0.2, -0.15) is 0 Å². The van der Waals surface area contributed by atoms with Crippen molar-refractivity contribution in [2.24, 2.45) is 0 Å². The summed E-state index contributed by atoms with van der Waals surface area (Å²) in [7, 11) is -3.86. The summed E-state index contributed by atoms with van der Waals surface area (Å²) in [6.07, 6.45) is 0.946. The third-order valence-electron chi connectivity index (χ3n) is 4.04. The van der Waals surface area contributed by atoms with E-state index in [1.807, 2.05) is 19.9 Å². The maximum atomic E-state index is 14.1. The summed E-state index contributed by atoms with van der Waals surface area (Å²) in [6, 6.07) is 9.80. The number of hydrogen-bond acceptors (Lipinski definition) is 3. The van der Waals surface area contributed by atoms with E-state index >= 15 is 0 Å². The maximum absolute atomic E-state index is 14.1. The molecule has 0 aliphatic heterocycles. The summed E-state index contributed by atoms with van der Waals surface area (Å²) in [5, 5.41) is 2.73. The predicted octanol–water partition coefficient (Wildman–Crippen LogP) is 3.24. The molecule has 0 heterocycles. The molecule has 134 valence electrons. The third-order valence-corrected chi connectivity index (χ3v) is 5.27. The van der Waals surface area contributed by atoms with Gasteiger partial charge in [-0.25, -0.2) is 12.8 Å². The van der Waals surface area contributed by atoms with E-state index in [9.17, 15) is 17.6 Å². The van der Waals surface area contributed by atoms with Crippen molar-refractivity contribution in [3.05, 3.63) is 59.4 Å². The van der Waals surface area contributed by atoms with Gasteiger partial charge in [-0.15, -0.1) is 0 Å². The normalized spacial score (nSPS) is 12.5. The number of carbonyl (C=O) groups excluding carboxylic acids is 1. The standard InChI is InChI=1S/C18H21FN2O3S/c1-12-8-7-10-16(13(12)2)20-18(22)14(3)21(25(4,23)24)17-11-6-5-9-15(17)19/h5-11,14H,1-4H3,(H,20,22)/t14-/m1/s1. The van der Waals surface area contributed by atoms with Crippen LogP contribution in [0, 0.1) is 19.7 Å². The summed E-state index contributed by atoms with van der Waals surface area (Å²) in [4.78, 5) is 12.6. The van der Waals surface area contributed by atoms with Crippen LogP contribution in [0.4, 0.5) is 15.8 Å². The molecule has 25 heavy (non-hydrogen) atoms. The Bertz CT molecular complexity index is 897. The van der Waals surface area contributed by atoms with Crippen molar-refractivity contribution in [1.82, 2.24) is 0 Å².